The number of benzene rings is 2. The number of hydrogen-bond donors (Lipinski definition) is 2. The highest BCUT2D eigenvalue weighted by atomic mass is 35.5. The van der Waals surface area contributed by atoms with Gasteiger partial charge in [-0.3, -0.25) is 4.79 Å². The molecule has 1 amide bonds. The molecular weight excluding hydrogens is 390 g/mol. The monoisotopic (exact) mass is 404 g/mol. The molecule has 0 heterocycles. The molecule has 2 N–H and O–H groups in total. The van der Waals surface area contributed by atoms with E-state index in [-0.39, 0.29) is 22.0 Å². The van der Waals surface area contributed by atoms with E-state index in [9.17, 15) is 17.6 Å². The lowest BCUT2D eigenvalue weighted by Gasteiger charge is -2.17. The summed E-state index contributed by atoms with van der Waals surface area (Å²) in [6.45, 7) is 1.65. The van der Waals surface area contributed by atoms with Gasteiger partial charge in [0.05, 0.1) is 15.6 Å². The van der Waals surface area contributed by atoms with Gasteiger partial charge in [0.15, 0.2) is 0 Å². The fourth-order valence-electron chi connectivity index (χ4n) is 2.00. The predicted octanol–water partition coefficient (Wildman–Crippen LogP) is 3.83. The fraction of sp³-hybridized carbons (Fsp3) is 0.188. The number of rotatable bonds is 6. The summed E-state index contributed by atoms with van der Waals surface area (Å²) in [7, 11) is -3.98. The molecule has 0 radical (unpaired) electrons. The number of sulfonamides is 1. The van der Waals surface area contributed by atoms with Crippen molar-refractivity contribution in [3.05, 3.63) is 58.3 Å². The third kappa shape index (κ3) is 5.15. The van der Waals surface area contributed by atoms with Crippen molar-refractivity contribution in [2.75, 3.05) is 5.32 Å². The molecule has 2 rings (SSSR count). The lowest BCUT2D eigenvalue weighted by Crippen LogP contribution is -2.43. The summed E-state index contributed by atoms with van der Waals surface area (Å²) < 4.78 is 39.9. The first-order chi connectivity index (χ1) is 11.7. The van der Waals surface area contributed by atoms with Gasteiger partial charge in [-0.25, -0.2) is 12.8 Å². The Labute approximate surface area is 155 Å². The molecule has 0 aromatic heterocycles. The van der Waals surface area contributed by atoms with Gasteiger partial charge in [-0.15, -0.1) is 0 Å². The average Bonchev–Trinajstić information content (AvgIpc) is 2.56. The smallest absolute Gasteiger partial charge is 0.242 e. The minimum Gasteiger partial charge on any atom is -0.323 e. The Bertz CT molecular complexity index is 873. The molecule has 0 spiro atoms. The van der Waals surface area contributed by atoms with Crippen LogP contribution in [0.15, 0.2) is 47.4 Å². The van der Waals surface area contributed by atoms with E-state index in [1.165, 1.54) is 12.1 Å². The van der Waals surface area contributed by atoms with Crippen molar-refractivity contribution in [2.45, 2.75) is 24.3 Å². The molecule has 0 saturated carbocycles. The molecule has 1 atom stereocenters. The van der Waals surface area contributed by atoms with Crippen LogP contribution in [0.25, 0.3) is 0 Å². The number of nitrogens with one attached hydrogen (secondary N) is 2. The Morgan fingerprint density at radius 1 is 1.16 bits per heavy atom. The fourth-order valence-corrected chi connectivity index (χ4v) is 3.62. The van der Waals surface area contributed by atoms with E-state index in [0.717, 1.165) is 24.3 Å². The van der Waals surface area contributed by atoms with Gasteiger partial charge in [-0.2, -0.15) is 4.72 Å². The summed E-state index contributed by atoms with van der Waals surface area (Å²) >= 11 is 11.8. The summed E-state index contributed by atoms with van der Waals surface area (Å²) in [6, 6.07) is 7.81. The second kappa shape index (κ2) is 8.14. The maximum Gasteiger partial charge on any atom is 0.242 e. The molecule has 1 unspecified atom stereocenters. The van der Waals surface area contributed by atoms with Crippen molar-refractivity contribution in [3.8, 4) is 0 Å². The van der Waals surface area contributed by atoms with Gasteiger partial charge in [-0.1, -0.05) is 30.1 Å². The molecule has 0 aliphatic heterocycles. The predicted molar refractivity (Wildman–Crippen MR) is 95.9 cm³/mol. The summed E-state index contributed by atoms with van der Waals surface area (Å²) in [5, 5.41) is 3.19. The standard InChI is InChI=1S/C16H15Cl2FN2O3S/c1-2-14(16(22)20-15-9-10(17)3-8-13(15)18)21-25(23,24)12-6-4-11(19)5-7-12/h3-9,14,21H,2H2,1H3,(H,20,22). The molecule has 0 aliphatic carbocycles. The van der Waals surface area contributed by atoms with Crippen LogP contribution in [-0.4, -0.2) is 20.4 Å². The van der Waals surface area contributed by atoms with E-state index in [4.69, 9.17) is 23.2 Å². The normalized spacial score (nSPS) is 12.6. The molecule has 134 valence electrons. The van der Waals surface area contributed by atoms with Crippen LogP contribution in [0.5, 0.6) is 0 Å². The van der Waals surface area contributed by atoms with Crippen molar-refractivity contribution in [2.24, 2.45) is 0 Å². The molecule has 0 aliphatic rings. The van der Waals surface area contributed by atoms with Crippen molar-refractivity contribution >= 4 is 44.8 Å². The minimum absolute atomic E-state index is 0.138. The molecule has 0 fully saturated rings. The first kappa shape index (κ1) is 19.7. The van der Waals surface area contributed by atoms with Gasteiger partial charge in [0.1, 0.15) is 11.9 Å². The van der Waals surface area contributed by atoms with E-state index >= 15 is 0 Å². The number of carbonyl (C=O) groups excluding carboxylic acids is 1. The Morgan fingerprint density at radius 3 is 2.40 bits per heavy atom. The molecule has 5 nitrogen and oxygen atoms in total. The Morgan fingerprint density at radius 2 is 1.80 bits per heavy atom. The number of amides is 1. The van der Waals surface area contributed by atoms with Crippen molar-refractivity contribution < 1.29 is 17.6 Å². The van der Waals surface area contributed by atoms with E-state index < -0.39 is 27.8 Å². The molecule has 25 heavy (non-hydrogen) atoms. The molecule has 2 aromatic carbocycles. The average molecular weight is 405 g/mol. The van der Waals surface area contributed by atoms with Crippen LogP contribution in [0.4, 0.5) is 10.1 Å². The highest BCUT2D eigenvalue weighted by Crippen LogP contribution is 2.25. The number of halogens is 3. The lowest BCUT2D eigenvalue weighted by atomic mass is 10.2. The Hall–Kier alpha value is -1.67. The second-order valence-electron chi connectivity index (χ2n) is 5.15. The van der Waals surface area contributed by atoms with Crippen LogP contribution in [-0.2, 0) is 14.8 Å². The summed E-state index contributed by atoms with van der Waals surface area (Å²) in [5.41, 5.74) is 0.276. The third-order valence-corrected chi connectivity index (χ3v) is 5.38. The van der Waals surface area contributed by atoms with E-state index in [1.807, 2.05) is 0 Å². The Balaban J connectivity index is 2.17. The maximum absolute atomic E-state index is 12.9. The van der Waals surface area contributed by atoms with Gasteiger partial charge in [-0.05, 0) is 48.9 Å². The zero-order valence-electron chi connectivity index (χ0n) is 13.1. The van der Waals surface area contributed by atoms with Crippen molar-refractivity contribution in [1.29, 1.82) is 0 Å². The van der Waals surface area contributed by atoms with Crippen molar-refractivity contribution in [1.82, 2.24) is 4.72 Å². The van der Waals surface area contributed by atoms with Gasteiger partial charge in [0.2, 0.25) is 15.9 Å². The van der Waals surface area contributed by atoms with Crippen LogP contribution in [0, 0.1) is 5.82 Å². The second-order valence-corrected chi connectivity index (χ2v) is 7.71. The van der Waals surface area contributed by atoms with Gasteiger partial charge < -0.3 is 5.32 Å². The van der Waals surface area contributed by atoms with Crippen LogP contribution >= 0.6 is 23.2 Å². The van der Waals surface area contributed by atoms with E-state index in [1.54, 1.807) is 13.0 Å². The minimum atomic E-state index is -3.98. The van der Waals surface area contributed by atoms with Crippen LogP contribution in [0.2, 0.25) is 10.0 Å². The molecule has 2 aromatic rings. The highest BCUT2D eigenvalue weighted by molar-refractivity contribution is 7.89. The lowest BCUT2D eigenvalue weighted by molar-refractivity contribution is -0.117. The van der Waals surface area contributed by atoms with Gasteiger partial charge in [0.25, 0.3) is 0 Å². The maximum atomic E-state index is 12.9. The first-order valence-corrected chi connectivity index (χ1v) is 9.50. The van der Waals surface area contributed by atoms with Gasteiger partial charge >= 0.3 is 0 Å². The zero-order chi connectivity index (χ0) is 18.6. The number of carbonyl (C=O) groups is 1. The molecule has 9 heteroatoms. The van der Waals surface area contributed by atoms with Crippen molar-refractivity contribution in [3.63, 3.8) is 0 Å². The largest absolute Gasteiger partial charge is 0.323 e. The quantitative estimate of drug-likeness (QED) is 0.767. The number of anilines is 1. The topological polar surface area (TPSA) is 75.3 Å². The van der Waals surface area contributed by atoms with E-state index in [0.29, 0.717) is 5.02 Å². The van der Waals surface area contributed by atoms with Gasteiger partial charge in [0, 0.05) is 5.02 Å². The molecule has 0 saturated heterocycles. The third-order valence-electron chi connectivity index (χ3n) is 3.33. The summed E-state index contributed by atoms with van der Waals surface area (Å²) in [4.78, 5) is 12.2. The molecular formula is C16H15Cl2FN2O3S. The zero-order valence-corrected chi connectivity index (χ0v) is 15.4. The highest BCUT2D eigenvalue weighted by Gasteiger charge is 2.25. The summed E-state index contributed by atoms with van der Waals surface area (Å²) in [6.07, 6.45) is 0.199. The van der Waals surface area contributed by atoms with Crippen LogP contribution in [0.1, 0.15) is 13.3 Å². The first-order valence-electron chi connectivity index (χ1n) is 7.26. The molecule has 0 bridgehead atoms. The number of hydrogen-bond acceptors (Lipinski definition) is 3. The van der Waals surface area contributed by atoms with E-state index in [2.05, 4.69) is 10.0 Å². The Kier molecular flexibility index (Phi) is 6.40. The van der Waals surface area contributed by atoms with Crippen LogP contribution in [0.3, 0.4) is 0 Å². The van der Waals surface area contributed by atoms with Crippen LogP contribution < -0.4 is 10.0 Å². The summed E-state index contributed by atoms with van der Waals surface area (Å²) in [5.74, 6) is -1.14. The SMILES string of the molecule is CCC(NS(=O)(=O)c1ccc(F)cc1)C(=O)Nc1cc(Cl)ccc1Cl.